The van der Waals surface area contributed by atoms with Crippen molar-refractivity contribution in [3.05, 3.63) is 35.4 Å². The lowest BCUT2D eigenvalue weighted by Crippen LogP contribution is -2.46. The van der Waals surface area contributed by atoms with Crippen LogP contribution in [0.4, 0.5) is 0 Å². The molecule has 8 nitrogen and oxygen atoms in total. The first-order valence-corrected chi connectivity index (χ1v) is 16.2. The molecule has 1 aromatic rings. The number of nitrogens with zero attached hydrogens (tertiary/aromatic N) is 1. The zero-order chi connectivity index (χ0) is 25.7. The monoisotopic (exact) mass is 523 g/mol. The van der Waals surface area contributed by atoms with Gasteiger partial charge in [-0.05, 0) is 83.9 Å². The van der Waals surface area contributed by atoms with Gasteiger partial charge in [-0.3, -0.25) is 4.90 Å². The van der Waals surface area contributed by atoms with E-state index in [1.807, 2.05) is 20.8 Å². The van der Waals surface area contributed by atoms with Crippen molar-refractivity contribution >= 4 is 8.80 Å². The van der Waals surface area contributed by atoms with Crippen LogP contribution in [0.3, 0.4) is 0 Å². The van der Waals surface area contributed by atoms with Crippen molar-refractivity contribution < 1.29 is 13.3 Å². The van der Waals surface area contributed by atoms with Crippen molar-refractivity contribution in [3.63, 3.8) is 0 Å². The number of rotatable bonds is 14. The van der Waals surface area contributed by atoms with E-state index in [4.69, 9.17) is 13.3 Å². The molecule has 1 saturated heterocycles. The summed E-state index contributed by atoms with van der Waals surface area (Å²) < 4.78 is 17.9. The van der Waals surface area contributed by atoms with Crippen molar-refractivity contribution in [1.29, 1.82) is 0 Å². The molecule has 0 spiro atoms. The molecule has 1 aliphatic rings. The number of nitrogens with one attached hydrogen (secondary N) is 4. The van der Waals surface area contributed by atoms with Crippen LogP contribution in [0.15, 0.2) is 24.3 Å². The Balaban J connectivity index is 1.73. The number of hydrogen-bond acceptors (Lipinski definition) is 8. The molecule has 4 N–H and O–H groups in total. The number of benzene rings is 1. The molecule has 2 rings (SSSR count). The molecule has 0 bridgehead atoms. The smallest absolute Gasteiger partial charge is 0.374 e. The minimum atomic E-state index is -2.53. The van der Waals surface area contributed by atoms with E-state index < -0.39 is 8.80 Å². The van der Waals surface area contributed by atoms with E-state index in [0.29, 0.717) is 19.8 Å². The lowest BCUT2D eigenvalue weighted by atomic mass is 10.1. The highest BCUT2D eigenvalue weighted by atomic mass is 28.4. The standard InChI is InChI=1S/C27H53N5O3Si/c1-4-33-36(34-5-2,35-6-3)23-9-17-31-24-26-10-12-27(13-11-26)25-32-21-8-16-29-19-18-28-14-7-15-30-20-22-32/h10-13,28-31H,4-9,14-25H2,1-3H3. The van der Waals surface area contributed by atoms with Crippen LogP contribution in [0.1, 0.15) is 51.2 Å². The molecular formula is C27H53N5O3Si. The lowest BCUT2D eigenvalue weighted by molar-refractivity contribution is 0.0708. The zero-order valence-electron chi connectivity index (χ0n) is 23.2. The fourth-order valence-electron chi connectivity index (χ4n) is 4.51. The molecule has 1 fully saturated rings. The Kier molecular flexibility index (Phi) is 17.5. The first kappa shape index (κ1) is 31.3. The van der Waals surface area contributed by atoms with E-state index >= 15 is 0 Å². The molecule has 0 unspecified atom stereocenters. The summed E-state index contributed by atoms with van der Waals surface area (Å²) in [5, 5.41) is 14.2. The highest BCUT2D eigenvalue weighted by Gasteiger charge is 2.39. The summed E-state index contributed by atoms with van der Waals surface area (Å²) >= 11 is 0. The maximum absolute atomic E-state index is 5.95. The van der Waals surface area contributed by atoms with Gasteiger partial charge in [-0.1, -0.05) is 24.3 Å². The van der Waals surface area contributed by atoms with E-state index in [2.05, 4.69) is 50.4 Å². The van der Waals surface area contributed by atoms with Crippen LogP contribution < -0.4 is 21.3 Å². The molecule has 0 atom stereocenters. The predicted octanol–water partition coefficient (Wildman–Crippen LogP) is 2.58. The highest BCUT2D eigenvalue weighted by Crippen LogP contribution is 2.18. The Labute approximate surface area is 221 Å². The molecular weight excluding hydrogens is 470 g/mol. The second-order valence-corrected chi connectivity index (χ2v) is 12.0. The molecule has 208 valence electrons. The third kappa shape index (κ3) is 13.6. The summed E-state index contributed by atoms with van der Waals surface area (Å²) in [6, 6.07) is 9.96. The maximum Gasteiger partial charge on any atom is 0.500 e. The molecule has 36 heavy (non-hydrogen) atoms. The fourth-order valence-corrected chi connectivity index (χ4v) is 7.12. The van der Waals surface area contributed by atoms with Crippen molar-refractivity contribution in [1.82, 2.24) is 26.2 Å². The topological polar surface area (TPSA) is 79.1 Å². The molecule has 0 saturated carbocycles. The molecule has 0 amide bonds. The maximum atomic E-state index is 5.95. The van der Waals surface area contributed by atoms with Gasteiger partial charge in [0.25, 0.3) is 0 Å². The zero-order valence-corrected chi connectivity index (χ0v) is 24.2. The van der Waals surface area contributed by atoms with E-state index in [9.17, 15) is 0 Å². The first-order valence-electron chi connectivity index (χ1n) is 14.3. The SMILES string of the molecule is CCO[Si](CCCNCc1ccc(CN2CCCNCCNCCCNCC2)cc1)(OCC)OCC. The van der Waals surface area contributed by atoms with Gasteiger partial charge < -0.3 is 34.5 Å². The average molecular weight is 524 g/mol. The summed E-state index contributed by atoms with van der Waals surface area (Å²) in [4.78, 5) is 2.58. The van der Waals surface area contributed by atoms with Crippen molar-refractivity contribution in [3.8, 4) is 0 Å². The molecule has 0 aliphatic carbocycles. The summed E-state index contributed by atoms with van der Waals surface area (Å²) in [5.41, 5.74) is 2.71. The van der Waals surface area contributed by atoms with Gasteiger partial charge in [0.2, 0.25) is 0 Å². The van der Waals surface area contributed by atoms with Gasteiger partial charge in [-0.25, -0.2) is 0 Å². The van der Waals surface area contributed by atoms with Crippen LogP contribution in [0.5, 0.6) is 0 Å². The van der Waals surface area contributed by atoms with E-state index in [0.717, 1.165) is 84.5 Å². The van der Waals surface area contributed by atoms with Gasteiger partial charge in [0, 0.05) is 65.1 Å². The van der Waals surface area contributed by atoms with Crippen molar-refractivity contribution in [2.24, 2.45) is 0 Å². The molecule has 1 aliphatic heterocycles. The molecule has 0 aromatic heterocycles. The van der Waals surface area contributed by atoms with Gasteiger partial charge in [0.1, 0.15) is 0 Å². The van der Waals surface area contributed by atoms with E-state index in [1.165, 1.54) is 24.0 Å². The Morgan fingerprint density at radius 1 is 0.750 bits per heavy atom. The Morgan fingerprint density at radius 2 is 1.33 bits per heavy atom. The van der Waals surface area contributed by atoms with Crippen molar-refractivity contribution in [2.75, 3.05) is 78.7 Å². The lowest BCUT2D eigenvalue weighted by Gasteiger charge is -2.28. The molecule has 0 radical (unpaired) electrons. The second kappa shape index (κ2) is 20.1. The van der Waals surface area contributed by atoms with Gasteiger partial charge in [0.05, 0.1) is 0 Å². The minimum absolute atomic E-state index is 0.633. The third-order valence-corrected chi connectivity index (χ3v) is 9.46. The normalized spacial score (nSPS) is 17.6. The Hall–Kier alpha value is -0.883. The van der Waals surface area contributed by atoms with Crippen LogP contribution in [0.25, 0.3) is 0 Å². The third-order valence-electron chi connectivity index (χ3n) is 6.31. The van der Waals surface area contributed by atoms with Crippen LogP contribution in [0.2, 0.25) is 6.04 Å². The van der Waals surface area contributed by atoms with Crippen LogP contribution >= 0.6 is 0 Å². The molecule has 1 heterocycles. The van der Waals surface area contributed by atoms with Crippen LogP contribution in [-0.2, 0) is 26.4 Å². The largest absolute Gasteiger partial charge is 0.500 e. The van der Waals surface area contributed by atoms with Crippen molar-refractivity contribution in [2.45, 2.75) is 59.2 Å². The van der Waals surface area contributed by atoms with E-state index in [1.54, 1.807) is 0 Å². The summed E-state index contributed by atoms with van der Waals surface area (Å²) in [6.07, 6.45) is 3.35. The Bertz CT molecular complexity index is 622. The number of hydrogen-bond donors (Lipinski definition) is 4. The second-order valence-electron chi connectivity index (χ2n) is 9.31. The average Bonchev–Trinajstić information content (AvgIpc) is 2.87. The van der Waals surface area contributed by atoms with Gasteiger partial charge in [-0.15, -0.1) is 0 Å². The summed E-state index contributed by atoms with van der Waals surface area (Å²) in [6.45, 7) is 19.4. The van der Waals surface area contributed by atoms with Gasteiger partial charge in [0.15, 0.2) is 0 Å². The van der Waals surface area contributed by atoms with Gasteiger partial charge >= 0.3 is 8.80 Å². The fraction of sp³-hybridized carbons (Fsp3) is 0.778. The van der Waals surface area contributed by atoms with E-state index in [-0.39, 0.29) is 0 Å². The van der Waals surface area contributed by atoms with Gasteiger partial charge in [-0.2, -0.15) is 0 Å². The minimum Gasteiger partial charge on any atom is -0.374 e. The summed E-state index contributed by atoms with van der Waals surface area (Å²) in [5.74, 6) is 0. The quantitative estimate of drug-likeness (QED) is 0.219. The van der Waals surface area contributed by atoms with Crippen LogP contribution in [0, 0.1) is 0 Å². The highest BCUT2D eigenvalue weighted by molar-refractivity contribution is 6.60. The van der Waals surface area contributed by atoms with Crippen LogP contribution in [-0.4, -0.2) is 92.4 Å². The molecule has 1 aromatic carbocycles. The Morgan fingerprint density at radius 3 is 1.97 bits per heavy atom. The summed E-state index contributed by atoms with van der Waals surface area (Å²) in [7, 11) is -2.53. The predicted molar refractivity (Wildman–Crippen MR) is 151 cm³/mol. The molecule has 9 heteroatoms. The first-order chi connectivity index (χ1) is 17.7.